The molecule has 7 heteroatoms. The van der Waals surface area contributed by atoms with Crippen LogP contribution in [0.2, 0.25) is 0 Å². The van der Waals surface area contributed by atoms with E-state index in [-0.39, 0.29) is 18.1 Å². The molecule has 1 aromatic carbocycles. The Kier molecular flexibility index (Phi) is 3.90. The third-order valence-corrected chi connectivity index (χ3v) is 2.33. The number of nitrogens with one attached hydrogen (secondary N) is 1. The van der Waals surface area contributed by atoms with E-state index in [9.17, 15) is 9.59 Å². The summed E-state index contributed by atoms with van der Waals surface area (Å²) in [6.07, 6.45) is 0.570. The van der Waals surface area contributed by atoms with E-state index in [1.54, 1.807) is 24.3 Å². The standard InChI is InChI=1S/C13H11N3O4/c1-2-7-20-13(19)16-11-10(12(17)18)14-8-5-3-4-6-9(8)15-11/h2-6H,1,7H2,(H,17,18)(H,15,16,19). The third kappa shape index (κ3) is 2.89. The molecule has 7 nitrogen and oxygen atoms in total. The lowest BCUT2D eigenvalue weighted by Crippen LogP contribution is -2.18. The first-order valence-corrected chi connectivity index (χ1v) is 5.66. The number of carbonyl (C=O) groups excluding carboxylic acids is 1. The summed E-state index contributed by atoms with van der Waals surface area (Å²) in [5, 5.41) is 11.4. The molecule has 102 valence electrons. The van der Waals surface area contributed by atoms with Crippen molar-refractivity contribution in [2.45, 2.75) is 0 Å². The Morgan fingerprint density at radius 2 is 1.95 bits per heavy atom. The predicted molar refractivity (Wildman–Crippen MR) is 71.7 cm³/mol. The van der Waals surface area contributed by atoms with Crippen LogP contribution in [0.3, 0.4) is 0 Å². The number of benzene rings is 1. The molecule has 2 N–H and O–H groups in total. The fourth-order valence-electron chi connectivity index (χ4n) is 1.50. The lowest BCUT2D eigenvalue weighted by molar-refractivity contribution is 0.0692. The first-order chi connectivity index (χ1) is 9.61. The molecule has 0 unspecified atom stereocenters. The summed E-state index contributed by atoms with van der Waals surface area (Å²) >= 11 is 0. The minimum Gasteiger partial charge on any atom is -0.476 e. The van der Waals surface area contributed by atoms with Gasteiger partial charge < -0.3 is 9.84 Å². The van der Waals surface area contributed by atoms with E-state index in [4.69, 9.17) is 9.84 Å². The molecule has 0 bridgehead atoms. The summed E-state index contributed by atoms with van der Waals surface area (Å²) in [6.45, 7) is 3.41. The van der Waals surface area contributed by atoms with Crippen LogP contribution in [0.15, 0.2) is 36.9 Å². The molecular formula is C13H11N3O4. The average Bonchev–Trinajstić information content (AvgIpc) is 2.44. The number of hydrogen-bond donors (Lipinski definition) is 2. The van der Waals surface area contributed by atoms with E-state index in [2.05, 4.69) is 21.9 Å². The predicted octanol–water partition coefficient (Wildman–Crippen LogP) is 2.06. The monoisotopic (exact) mass is 273 g/mol. The van der Waals surface area contributed by atoms with Crippen LogP contribution in [0.25, 0.3) is 11.0 Å². The first-order valence-electron chi connectivity index (χ1n) is 5.66. The maximum absolute atomic E-state index is 11.4. The van der Waals surface area contributed by atoms with Crippen molar-refractivity contribution in [3.05, 3.63) is 42.6 Å². The second-order valence-corrected chi connectivity index (χ2v) is 3.73. The number of carbonyl (C=O) groups is 2. The van der Waals surface area contributed by atoms with Crippen LogP contribution in [-0.2, 0) is 4.74 Å². The number of aromatic nitrogens is 2. The Morgan fingerprint density at radius 1 is 1.30 bits per heavy atom. The molecule has 0 aliphatic carbocycles. The fraction of sp³-hybridized carbons (Fsp3) is 0.0769. The number of anilines is 1. The molecule has 0 radical (unpaired) electrons. The van der Waals surface area contributed by atoms with Crippen LogP contribution < -0.4 is 5.32 Å². The van der Waals surface area contributed by atoms with Gasteiger partial charge in [0.1, 0.15) is 6.61 Å². The van der Waals surface area contributed by atoms with Crippen LogP contribution in [0.4, 0.5) is 10.6 Å². The van der Waals surface area contributed by atoms with Crippen LogP contribution in [-0.4, -0.2) is 33.7 Å². The zero-order valence-corrected chi connectivity index (χ0v) is 10.4. The normalized spacial score (nSPS) is 10.0. The van der Waals surface area contributed by atoms with Crippen molar-refractivity contribution < 1.29 is 19.4 Å². The fourth-order valence-corrected chi connectivity index (χ4v) is 1.50. The Bertz CT molecular complexity index is 684. The van der Waals surface area contributed by atoms with E-state index in [1.165, 1.54) is 6.08 Å². The molecule has 2 aromatic rings. The highest BCUT2D eigenvalue weighted by Gasteiger charge is 2.17. The Balaban J connectivity index is 2.39. The lowest BCUT2D eigenvalue weighted by Gasteiger charge is -2.08. The van der Waals surface area contributed by atoms with Gasteiger partial charge in [0.25, 0.3) is 0 Å². The third-order valence-electron chi connectivity index (χ3n) is 2.33. The molecule has 1 aromatic heterocycles. The van der Waals surface area contributed by atoms with Crippen LogP contribution in [0.1, 0.15) is 10.5 Å². The van der Waals surface area contributed by atoms with Gasteiger partial charge in [-0.1, -0.05) is 24.8 Å². The summed E-state index contributed by atoms with van der Waals surface area (Å²) in [4.78, 5) is 30.6. The number of fused-ring (bicyclic) bond motifs is 1. The molecule has 0 aliphatic rings. The smallest absolute Gasteiger partial charge is 0.413 e. The van der Waals surface area contributed by atoms with Crippen molar-refractivity contribution in [1.29, 1.82) is 0 Å². The number of nitrogens with zero attached hydrogens (tertiary/aromatic N) is 2. The van der Waals surface area contributed by atoms with Gasteiger partial charge >= 0.3 is 12.1 Å². The van der Waals surface area contributed by atoms with Gasteiger partial charge in [0.15, 0.2) is 11.5 Å². The number of ether oxygens (including phenoxy) is 1. The van der Waals surface area contributed by atoms with E-state index < -0.39 is 12.1 Å². The highest BCUT2D eigenvalue weighted by molar-refractivity contribution is 5.98. The Labute approximate surface area is 113 Å². The molecule has 0 fully saturated rings. The second kappa shape index (κ2) is 5.79. The number of carboxylic acid groups (broad SMARTS) is 1. The molecule has 0 spiro atoms. The van der Waals surface area contributed by atoms with Crippen molar-refractivity contribution >= 4 is 28.9 Å². The zero-order chi connectivity index (χ0) is 14.5. The maximum atomic E-state index is 11.4. The number of aromatic carboxylic acids is 1. The molecule has 0 saturated carbocycles. The molecule has 2 rings (SSSR count). The van der Waals surface area contributed by atoms with Crippen LogP contribution in [0.5, 0.6) is 0 Å². The van der Waals surface area contributed by atoms with Gasteiger partial charge in [-0.3, -0.25) is 5.32 Å². The highest BCUT2D eigenvalue weighted by atomic mass is 16.5. The van der Waals surface area contributed by atoms with Gasteiger partial charge in [-0.2, -0.15) is 0 Å². The van der Waals surface area contributed by atoms with E-state index >= 15 is 0 Å². The molecule has 20 heavy (non-hydrogen) atoms. The topological polar surface area (TPSA) is 101 Å². The lowest BCUT2D eigenvalue weighted by atomic mass is 10.3. The molecular weight excluding hydrogens is 262 g/mol. The molecule has 0 aliphatic heterocycles. The Morgan fingerprint density at radius 3 is 2.55 bits per heavy atom. The summed E-state index contributed by atoms with van der Waals surface area (Å²) in [5.74, 6) is -1.45. The minimum atomic E-state index is -1.29. The summed E-state index contributed by atoms with van der Waals surface area (Å²) in [6, 6.07) is 6.74. The first kappa shape index (κ1) is 13.5. The van der Waals surface area contributed by atoms with Crippen molar-refractivity contribution in [2.24, 2.45) is 0 Å². The number of hydrogen-bond acceptors (Lipinski definition) is 5. The molecule has 1 amide bonds. The average molecular weight is 273 g/mol. The maximum Gasteiger partial charge on any atom is 0.413 e. The van der Waals surface area contributed by atoms with Gasteiger partial charge in [0.05, 0.1) is 11.0 Å². The Hall–Kier alpha value is -2.96. The van der Waals surface area contributed by atoms with Crippen molar-refractivity contribution in [2.75, 3.05) is 11.9 Å². The van der Waals surface area contributed by atoms with E-state index in [0.29, 0.717) is 11.0 Å². The number of para-hydroxylation sites is 2. The second-order valence-electron chi connectivity index (χ2n) is 3.73. The summed E-state index contributed by atoms with van der Waals surface area (Å²) < 4.78 is 4.71. The minimum absolute atomic E-state index is 0.00917. The largest absolute Gasteiger partial charge is 0.476 e. The van der Waals surface area contributed by atoms with E-state index in [1.807, 2.05) is 0 Å². The van der Waals surface area contributed by atoms with Crippen LogP contribution >= 0.6 is 0 Å². The van der Waals surface area contributed by atoms with Gasteiger partial charge in [-0.25, -0.2) is 19.6 Å². The van der Waals surface area contributed by atoms with Crippen molar-refractivity contribution in [3.8, 4) is 0 Å². The SMILES string of the molecule is C=CCOC(=O)Nc1nc2ccccc2nc1C(=O)O. The van der Waals surface area contributed by atoms with E-state index in [0.717, 1.165) is 0 Å². The van der Waals surface area contributed by atoms with Gasteiger partial charge in [0, 0.05) is 0 Å². The zero-order valence-electron chi connectivity index (χ0n) is 10.4. The highest BCUT2D eigenvalue weighted by Crippen LogP contribution is 2.17. The summed E-state index contributed by atoms with van der Waals surface area (Å²) in [7, 11) is 0. The quantitative estimate of drug-likeness (QED) is 0.827. The molecule has 0 atom stereocenters. The van der Waals surface area contributed by atoms with Crippen LogP contribution in [0, 0.1) is 0 Å². The van der Waals surface area contributed by atoms with Gasteiger partial charge in [0.2, 0.25) is 0 Å². The number of amides is 1. The molecule has 1 heterocycles. The van der Waals surface area contributed by atoms with Crippen molar-refractivity contribution in [3.63, 3.8) is 0 Å². The van der Waals surface area contributed by atoms with Gasteiger partial charge in [-0.15, -0.1) is 0 Å². The summed E-state index contributed by atoms with van der Waals surface area (Å²) in [5.41, 5.74) is 0.547. The number of carboxylic acids is 1. The molecule has 0 saturated heterocycles. The van der Waals surface area contributed by atoms with Gasteiger partial charge in [-0.05, 0) is 12.1 Å². The number of rotatable bonds is 4. The van der Waals surface area contributed by atoms with Crippen molar-refractivity contribution in [1.82, 2.24) is 9.97 Å².